The molecule has 8 heteroatoms. The number of rotatable bonds is 13. The van der Waals surface area contributed by atoms with Crippen molar-refractivity contribution >= 4 is 20.0 Å². The average Bonchev–Trinajstić information content (AvgIpc) is 2.99. The molecule has 7 nitrogen and oxygen atoms in total. The molecule has 0 unspecified atom stereocenters. The second-order valence-corrected chi connectivity index (χ2v) is 10.5. The van der Waals surface area contributed by atoms with Crippen molar-refractivity contribution in [3.63, 3.8) is 0 Å². The van der Waals surface area contributed by atoms with Crippen LogP contribution >= 0.6 is 7.82 Å². The van der Waals surface area contributed by atoms with Gasteiger partial charge in [-0.25, -0.2) is 4.57 Å². The number of hydrogen-bond donors (Lipinski definition) is 0. The van der Waals surface area contributed by atoms with Gasteiger partial charge in [-0.3, -0.25) is 9.05 Å². The number of ether oxygens (including phenoxy) is 3. The maximum atomic E-state index is 13.9. The lowest BCUT2D eigenvalue weighted by Crippen LogP contribution is -2.04. The Morgan fingerprint density at radius 2 is 1.18 bits per heavy atom. The van der Waals surface area contributed by atoms with Gasteiger partial charge in [0.05, 0.1) is 34.5 Å². The Balaban J connectivity index is 1.59. The second kappa shape index (κ2) is 13.9. The molecular weight excluding hydrogens is 527 g/mol. The van der Waals surface area contributed by atoms with Crippen LogP contribution in [0.3, 0.4) is 0 Å². The summed E-state index contributed by atoms with van der Waals surface area (Å²) in [6, 6.07) is 28.1. The van der Waals surface area contributed by atoms with Gasteiger partial charge in [0.1, 0.15) is 0 Å². The lowest BCUT2D eigenvalue weighted by atomic mass is 10.1. The molecule has 0 aliphatic rings. The third kappa shape index (κ3) is 7.76. The molecule has 0 saturated heterocycles. The van der Waals surface area contributed by atoms with E-state index < -0.39 is 7.82 Å². The number of methoxy groups -OCH3 is 3. The summed E-state index contributed by atoms with van der Waals surface area (Å²) in [5, 5.41) is 0. The zero-order valence-corrected chi connectivity index (χ0v) is 23.9. The maximum Gasteiger partial charge on any atom is 0.530 e. The Labute approximate surface area is 235 Å². The fourth-order valence-electron chi connectivity index (χ4n) is 4.00. The molecule has 0 heterocycles. The number of aryl methyl sites for hydroxylation is 1. The van der Waals surface area contributed by atoms with Crippen molar-refractivity contribution in [2.45, 2.75) is 20.1 Å². The van der Waals surface area contributed by atoms with Crippen LogP contribution < -0.4 is 18.7 Å². The summed E-state index contributed by atoms with van der Waals surface area (Å²) in [5.74, 6) is 1.97. The molecule has 0 aliphatic heterocycles. The lowest BCUT2D eigenvalue weighted by Gasteiger charge is -2.20. The largest absolute Gasteiger partial charge is 0.530 e. The first-order valence-corrected chi connectivity index (χ1v) is 14.1. The van der Waals surface area contributed by atoms with Crippen molar-refractivity contribution in [1.29, 1.82) is 0 Å². The summed E-state index contributed by atoms with van der Waals surface area (Å²) >= 11 is 0. The molecule has 0 bridgehead atoms. The van der Waals surface area contributed by atoms with Gasteiger partial charge in [-0.2, -0.15) is 0 Å². The summed E-state index contributed by atoms with van der Waals surface area (Å²) < 4.78 is 47.8. The van der Waals surface area contributed by atoms with Gasteiger partial charge in [0.25, 0.3) is 0 Å². The number of benzene rings is 4. The molecule has 0 aliphatic carbocycles. The van der Waals surface area contributed by atoms with Crippen molar-refractivity contribution < 1.29 is 32.3 Å². The van der Waals surface area contributed by atoms with E-state index in [-0.39, 0.29) is 19.0 Å². The topological polar surface area (TPSA) is 72.5 Å². The molecule has 0 spiro atoms. The van der Waals surface area contributed by atoms with Crippen LogP contribution in [0.15, 0.2) is 91.0 Å². The molecule has 4 rings (SSSR count). The molecule has 0 radical (unpaired) electrons. The third-order valence-electron chi connectivity index (χ3n) is 6.02. The number of phosphoric acid groups is 1. The highest BCUT2D eigenvalue weighted by Gasteiger charge is 2.30. The van der Waals surface area contributed by atoms with Crippen molar-refractivity contribution in [2.24, 2.45) is 0 Å². The van der Waals surface area contributed by atoms with E-state index in [1.807, 2.05) is 97.9 Å². The SMILES string of the molecule is COc1ccc(/C=C\c2cc(C)c(OC)c(OC)c2)cc1OP(=O)(OCc1ccccc1)OCc1ccccc1. The summed E-state index contributed by atoms with van der Waals surface area (Å²) in [6.07, 6.45) is 3.85. The molecule has 0 amide bonds. The Hall–Kier alpha value is -4.03. The van der Waals surface area contributed by atoms with Crippen LogP contribution in [-0.4, -0.2) is 21.3 Å². The molecule has 40 heavy (non-hydrogen) atoms. The monoisotopic (exact) mass is 560 g/mol. The molecule has 0 saturated carbocycles. The van der Waals surface area contributed by atoms with E-state index >= 15 is 0 Å². The maximum absolute atomic E-state index is 13.9. The standard InChI is InChI=1S/C32H33O7P/c1-24-19-28(21-31(35-3)32(24)36-4)16-15-25-17-18-29(34-2)30(20-25)39-40(33,37-22-26-11-7-5-8-12-26)38-23-27-13-9-6-10-14-27/h5-21H,22-23H2,1-4H3/b16-15-. The lowest BCUT2D eigenvalue weighted by molar-refractivity contribution is 0.142. The van der Waals surface area contributed by atoms with Gasteiger partial charge in [0, 0.05) is 0 Å². The predicted octanol–water partition coefficient (Wildman–Crippen LogP) is 8.11. The minimum Gasteiger partial charge on any atom is -0.493 e. The predicted molar refractivity (Wildman–Crippen MR) is 157 cm³/mol. The minimum absolute atomic E-state index is 0.0491. The second-order valence-electron chi connectivity index (χ2n) is 8.87. The Bertz CT molecular complexity index is 1420. The van der Waals surface area contributed by atoms with E-state index in [1.165, 1.54) is 7.11 Å². The zero-order chi connectivity index (χ0) is 28.4. The third-order valence-corrected chi connectivity index (χ3v) is 7.33. The Morgan fingerprint density at radius 3 is 1.73 bits per heavy atom. The molecule has 0 atom stereocenters. The summed E-state index contributed by atoms with van der Waals surface area (Å²) in [5.41, 5.74) is 4.34. The van der Waals surface area contributed by atoms with Crippen LogP contribution in [-0.2, 0) is 26.8 Å². The molecule has 4 aromatic rings. The quantitative estimate of drug-likeness (QED) is 0.121. The van der Waals surface area contributed by atoms with Crippen LogP contribution in [0.5, 0.6) is 23.0 Å². The van der Waals surface area contributed by atoms with Crippen molar-refractivity contribution in [2.75, 3.05) is 21.3 Å². The van der Waals surface area contributed by atoms with Gasteiger partial charge in [0.2, 0.25) is 0 Å². The van der Waals surface area contributed by atoms with Gasteiger partial charge in [-0.05, 0) is 59.0 Å². The van der Waals surface area contributed by atoms with E-state index in [1.54, 1.807) is 26.4 Å². The van der Waals surface area contributed by atoms with E-state index in [2.05, 4.69) is 0 Å². The Morgan fingerprint density at radius 1 is 0.625 bits per heavy atom. The molecular formula is C32H33O7P. The van der Waals surface area contributed by atoms with Crippen LogP contribution in [0.25, 0.3) is 12.2 Å². The van der Waals surface area contributed by atoms with Gasteiger partial charge < -0.3 is 18.7 Å². The highest BCUT2D eigenvalue weighted by Crippen LogP contribution is 2.53. The van der Waals surface area contributed by atoms with Gasteiger partial charge in [-0.15, -0.1) is 0 Å². The summed E-state index contributed by atoms with van der Waals surface area (Å²) in [6.45, 7) is 2.06. The number of hydrogen-bond acceptors (Lipinski definition) is 7. The van der Waals surface area contributed by atoms with E-state index in [0.717, 1.165) is 27.8 Å². The van der Waals surface area contributed by atoms with Crippen LogP contribution in [0, 0.1) is 6.92 Å². The van der Waals surface area contributed by atoms with E-state index in [9.17, 15) is 4.57 Å². The molecule has 4 aromatic carbocycles. The van der Waals surface area contributed by atoms with Crippen LogP contribution in [0.4, 0.5) is 0 Å². The Kier molecular flexibility index (Phi) is 10.0. The molecule has 0 N–H and O–H groups in total. The smallest absolute Gasteiger partial charge is 0.493 e. The van der Waals surface area contributed by atoms with Gasteiger partial charge >= 0.3 is 7.82 Å². The molecule has 0 aromatic heterocycles. The fourth-order valence-corrected chi connectivity index (χ4v) is 5.18. The fraction of sp³-hybridized carbons (Fsp3) is 0.188. The number of phosphoric ester groups is 1. The zero-order valence-electron chi connectivity index (χ0n) is 23.0. The van der Waals surface area contributed by atoms with Gasteiger partial charge in [-0.1, -0.05) is 78.9 Å². The highest BCUT2D eigenvalue weighted by molar-refractivity contribution is 7.48. The van der Waals surface area contributed by atoms with E-state index in [4.69, 9.17) is 27.8 Å². The van der Waals surface area contributed by atoms with Crippen molar-refractivity contribution in [3.05, 3.63) is 119 Å². The normalized spacial score (nSPS) is 11.4. The first-order chi connectivity index (χ1) is 19.4. The molecule has 0 fully saturated rings. The van der Waals surface area contributed by atoms with E-state index in [0.29, 0.717) is 17.2 Å². The average molecular weight is 561 g/mol. The van der Waals surface area contributed by atoms with Crippen molar-refractivity contribution in [3.8, 4) is 23.0 Å². The summed E-state index contributed by atoms with van der Waals surface area (Å²) in [7, 11) is 0.672. The van der Waals surface area contributed by atoms with Crippen molar-refractivity contribution in [1.82, 2.24) is 0 Å². The van der Waals surface area contributed by atoms with Gasteiger partial charge in [0.15, 0.2) is 23.0 Å². The highest BCUT2D eigenvalue weighted by atomic mass is 31.2. The minimum atomic E-state index is -4.07. The summed E-state index contributed by atoms with van der Waals surface area (Å²) in [4.78, 5) is 0. The first-order valence-electron chi connectivity index (χ1n) is 12.7. The first kappa shape index (κ1) is 29.0. The van der Waals surface area contributed by atoms with Crippen LogP contribution in [0.1, 0.15) is 27.8 Å². The van der Waals surface area contributed by atoms with Crippen LogP contribution in [0.2, 0.25) is 0 Å². The molecule has 208 valence electrons.